The second-order valence-electron chi connectivity index (χ2n) is 6.45. The summed E-state index contributed by atoms with van der Waals surface area (Å²) in [6.45, 7) is 1.08. The molecule has 9 heteroatoms. The highest BCUT2D eigenvalue weighted by molar-refractivity contribution is 5.89. The Balaban J connectivity index is 2.04. The van der Waals surface area contributed by atoms with Gasteiger partial charge in [0.05, 0.1) is 23.5 Å². The highest BCUT2D eigenvalue weighted by atomic mass is 16.6. The molecule has 0 unspecified atom stereocenters. The first kappa shape index (κ1) is 17.0. The van der Waals surface area contributed by atoms with E-state index in [1.165, 1.54) is 7.11 Å². The van der Waals surface area contributed by atoms with Crippen molar-refractivity contribution in [3.63, 3.8) is 0 Å². The molecular formula is C16H19N5O4. The summed E-state index contributed by atoms with van der Waals surface area (Å²) in [5, 5.41) is 15.6. The first-order valence-electron chi connectivity index (χ1n) is 8.19. The lowest BCUT2D eigenvalue weighted by atomic mass is 9.92. The molecule has 0 bridgehead atoms. The maximum Gasteiger partial charge on any atom is 0.316 e. The number of para-hydroxylation sites is 1. The van der Waals surface area contributed by atoms with Gasteiger partial charge in [0.2, 0.25) is 0 Å². The Kier molecular flexibility index (Phi) is 4.50. The van der Waals surface area contributed by atoms with Crippen molar-refractivity contribution in [3.05, 3.63) is 44.3 Å². The number of nitro benzene ring substituents is 1. The number of benzene rings is 1. The lowest BCUT2D eigenvalue weighted by molar-refractivity contribution is -0.385. The van der Waals surface area contributed by atoms with E-state index >= 15 is 0 Å². The van der Waals surface area contributed by atoms with Crippen molar-refractivity contribution >= 4 is 17.3 Å². The maximum atomic E-state index is 12.2. The van der Waals surface area contributed by atoms with Crippen molar-refractivity contribution in [2.45, 2.75) is 37.1 Å². The number of methoxy groups -OCH3 is 1. The molecule has 1 saturated carbocycles. The molecule has 1 heterocycles. The fraction of sp³-hybridized carbons (Fsp3) is 0.562. The molecule has 25 heavy (non-hydrogen) atoms. The number of hydrogen-bond donors (Lipinski definition) is 0. The molecule has 132 valence electrons. The number of piperidine rings is 1. The predicted octanol–water partition coefficient (Wildman–Crippen LogP) is 3.08. The van der Waals surface area contributed by atoms with E-state index in [0.29, 0.717) is 37.2 Å². The van der Waals surface area contributed by atoms with Crippen LogP contribution in [0.5, 0.6) is 0 Å². The van der Waals surface area contributed by atoms with Gasteiger partial charge >= 0.3 is 5.97 Å². The number of nitrogens with zero attached hydrogens (tertiary/aromatic N) is 5. The van der Waals surface area contributed by atoms with Crippen LogP contribution in [0.3, 0.4) is 0 Å². The molecule has 1 aliphatic heterocycles. The van der Waals surface area contributed by atoms with Crippen LogP contribution in [0.1, 0.15) is 31.2 Å². The van der Waals surface area contributed by atoms with E-state index in [-0.39, 0.29) is 11.7 Å². The van der Waals surface area contributed by atoms with Crippen LogP contribution in [0.2, 0.25) is 0 Å². The second kappa shape index (κ2) is 6.60. The third-order valence-electron chi connectivity index (χ3n) is 4.99. The highest BCUT2D eigenvalue weighted by Crippen LogP contribution is 2.53. The SMILES string of the molecule is COC(=O)C1(c2cccc(N3CCC[C@@H](N=[N+]=[N-])C3)c2[N+](=O)[O-])CC1. The van der Waals surface area contributed by atoms with E-state index < -0.39 is 16.3 Å². The Morgan fingerprint density at radius 2 is 2.28 bits per heavy atom. The Hall–Kier alpha value is -2.80. The van der Waals surface area contributed by atoms with Crippen LogP contribution in [0.25, 0.3) is 10.4 Å². The van der Waals surface area contributed by atoms with E-state index in [2.05, 4.69) is 10.0 Å². The molecule has 0 spiro atoms. The van der Waals surface area contributed by atoms with Gasteiger partial charge in [-0.05, 0) is 37.3 Å². The van der Waals surface area contributed by atoms with Crippen molar-refractivity contribution in [3.8, 4) is 0 Å². The lowest BCUT2D eigenvalue weighted by Gasteiger charge is -2.32. The number of azide groups is 1. The zero-order valence-corrected chi connectivity index (χ0v) is 13.9. The summed E-state index contributed by atoms with van der Waals surface area (Å²) in [7, 11) is 1.30. The van der Waals surface area contributed by atoms with Crippen molar-refractivity contribution < 1.29 is 14.5 Å². The molecule has 1 aliphatic carbocycles. The first-order chi connectivity index (χ1) is 12.0. The molecule has 2 aliphatic rings. The van der Waals surface area contributed by atoms with E-state index in [4.69, 9.17) is 10.3 Å². The standard InChI is InChI=1S/C16H19N5O4/c1-25-15(22)16(7-8-16)12-5-2-6-13(14(12)21(23)24)20-9-3-4-11(10-20)18-19-17/h2,5-6,11H,3-4,7-10H2,1H3/t11-/m1/s1. The van der Waals surface area contributed by atoms with Gasteiger partial charge in [0.1, 0.15) is 5.69 Å². The van der Waals surface area contributed by atoms with Crippen LogP contribution >= 0.6 is 0 Å². The largest absolute Gasteiger partial charge is 0.468 e. The Bertz CT molecular complexity index is 755. The third-order valence-corrected chi connectivity index (χ3v) is 4.99. The van der Waals surface area contributed by atoms with Crippen molar-refractivity contribution in [2.75, 3.05) is 25.1 Å². The number of ether oxygens (including phenoxy) is 1. The number of carbonyl (C=O) groups excluding carboxylic acids is 1. The molecule has 1 saturated heterocycles. The number of anilines is 1. The van der Waals surface area contributed by atoms with Crippen LogP contribution in [0.4, 0.5) is 11.4 Å². The third kappa shape index (κ3) is 2.98. The molecule has 2 fully saturated rings. The first-order valence-corrected chi connectivity index (χ1v) is 8.19. The fourth-order valence-electron chi connectivity index (χ4n) is 3.61. The number of esters is 1. The summed E-state index contributed by atoms with van der Waals surface area (Å²) in [5.41, 5.74) is 8.57. The number of carbonyl (C=O) groups is 1. The number of rotatable bonds is 5. The van der Waals surface area contributed by atoms with Gasteiger partial charge in [0.25, 0.3) is 5.69 Å². The Morgan fingerprint density at radius 1 is 1.52 bits per heavy atom. The van der Waals surface area contributed by atoms with Crippen molar-refractivity contribution in [1.82, 2.24) is 0 Å². The second-order valence-corrected chi connectivity index (χ2v) is 6.45. The van der Waals surface area contributed by atoms with Gasteiger partial charge in [-0.15, -0.1) is 0 Å². The molecular weight excluding hydrogens is 326 g/mol. The van der Waals surface area contributed by atoms with Gasteiger partial charge in [0, 0.05) is 23.6 Å². The van der Waals surface area contributed by atoms with Gasteiger partial charge in [-0.1, -0.05) is 17.2 Å². The van der Waals surface area contributed by atoms with E-state index in [0.717, 1.165) is 12.8 Å². The van der Waals surface area contributed by atoms with Crippen LogP contribution < -0.4 is 4.90 Å². The zero-order valence-electron chi connectivity index (χ0n) is 13.9. The lowest BCUT2D eigenvalue weighted by Crippen LogP contribution is -2.38. The molecule has 1 atom stereocenters. The number of nitro groups is 1. The summed E-state index contributed by atoms with van der Waals surface area (Å²) >= 11 is 0. The molecule has 0 radical (unpaired) electrons. The Labute approximate surface area is 144 Å². The average molecular weight is 345 g/mol. The topological polar surface area (TPSA) is 121 Å². The quantitative estimate of drug-likeness (QED) is 0.203. The van der Waals surface area contributed by atoms with Gasteiger partial charge < -0.3 is 9.64 Å². The Morgan fingerprint density at radius 3 is 2.88 bits per heavy atom. The smallest absolute Gasteiger partial charge is 0.316 e. The van der Waals surface area contributed by atoms with Crippen LogP contribution in [-0.2, 0) is 14.9 Å². The minimum absolute atomic E-state index is 0.0491. The molecule has 0 amide bonds. The van der Waals surface area contributed by atoms with Gasteiger partial charge in [0.15, 0.2) is 0 Å². The van der Waals surface area contributed by atoms with Crippen LogP contribution in [0.15, 0.2) is 23.3 Å². The molecule has 3 rings (SSSR count). The van der Waals surface area contributed by atoms with Crippen molar-refractivity contribution in [1.29, 1.82) is 0 Å². The van der Waals surface area contributed by atoms with Crippen LogP contribution in [-0.4, -0.2) is 37.1 Å². The maximum absolute atomic E-state index is 12.2. The van der Waals surface area contributed by atoms with Gasteiger partial charge in [-0.25, -0.2) is 0 Å². The van der Waals surface area contributed by atoms with Gasteiger partial charge in [-0.3, -0.25) is 14.9 Å². The normalized spacial score (nSPS) is 21.2. The minimum atomic E-state index is -0.910. The monoisotopic (exact) mass is 345 g/mol. The van der Waals surface area contributed by atoms with Crippen LogP contribution in [0, 0.1) is 10.1 Å². The molecule has 0 N–H and O–H groups in total. The molecule has 0 aromatic heterocycles. The van der Waals surface area contributed by atoms with E-state index in [9.17, 15) is 14.9 Å². The summed E-state index contributed by atoms with van der Waals surface area (Å²) in [5.74, 6) is -0.432. The predicted molar refractivity (Wildman–Crippen MR) is 90.4 cm³/mol. The zero-order chi connectivity index (χ0) is 18.0. The molecule has 1 aromatic carbocycles. The van der Waals surface area contributed by atoms with Crippen molar-refractivity contribution in [2.24, 2.45) is 5.11 Å². The minimum Gasteiger partial charge on any atom is -0.468 e. The summed E-state index contributed by atoms with van der Waals surface area (Å²) in [6, 6.07) is 4.85. The van der Waals surface area contributed by atoms with E-state index in [1.54, 1.807) is 18.2 Å². The molecule has 9 nitrogen and oxygen atoms in total. The van der Waals surface area contributed by atoms with E-state index in [1.807, 2.05) is 4.90 Å². The van der Waals surface area contributed by atoms with Gasteiger partial charge in [-0.2, -0.15) is 0 Å². The summed E-state index contributed by atoms with van der Waals surface area (Å²) in [6.07, 6.45) is 2.64. The summed E-state index contributed by atoms with van der Waals surface area (Å²) in [4.78, 5) is 28.3. The fourth-order valence-corrected chi connectivity index (χ4v) is 3.61. The molecule has 1 aromatic rings. The number of hydrogen-bond acceptors (Lipinski definition) is 6. The summed E-state index contributed by atoms with van der Waals surface area (Å²) < 4.78 is 4.87. The average Bonchev–Trinajstić information content (AvgIpc) is 3.42. The highest BCUT2D eigenvalue weighted by Gasteiger charge is 2.56.